The van der Waals surface area contributed by atoms with Crippen molar-refractivity contribution in [2.75, 3.05) is 18.2 Å². The molecule has 2 aromatic heterocycles. The third-order valence-corrected chi connectivity index (χ3v) is 5.97. The van der Waals surface area contributed by atoms with Crippen LogP contribution in [0.5, 0.6) is 5.75 Å². The van der Waals surface area contributed by atoms with Gasteiger partial charge in [-0.3, -0.25) is 9.36 Å². The number of benzene rings is 2. The van der Waals surface area contributed by atoms with Gasteiger partial charge in [0.15, 0.2) is 11.0 Å². The monoisotopic (exact) mass is 468 g/mol. The van der Waals surface area contributed by atoms with E-state index in [1.165, 1.54) is 11.8 Å². The normalized spacial score (nSPS) is 10.8. The number of anilines is 1. The van der Waals surface area contributed by atoms with Crippen LogP contribution in [0, 0.1) is 6.92 Å². The Hall–Kier alpha value is -3.23. The maximum atomic E-state index is 12.6. The van der Waals surface area contributed by atoms with Crippen molar-refractivity contribution in [3.8, 4) is 17.1 Å². The number of hydrogen-bond donors (Lipinski definition) is 1. The van der Waals surface area contributed by atoms with E-state index in [1.54, 1.807) is 25.5 Å². The van der Waals surface area contributed by atoms with Gasteiger partial charge in [-0.2, -0.15) is 0 Å². The predicted octanol–water partition coefficient (Wildman–Crippen LogP) is 5.29. The number of hydrogen-bond acceptors (Lipinski definition) is 6. The maximum absolute atomic E-state index is 12.6. The molecule has 0 fully saturated rings. The van der Waals surface area contributed by atoms with Gasteiger partial charge in [0.05, 0.1) is 25.7 Å². The Morgan fingerprint density at radius 2 is 2.00 bits per heavy atom. The second kappa shape index (κ2) is 9.93. The van der Waals surface area contributed by atoms with Crippen LogP contribution in [0.25, 0.3) is 11.4 Å². The van der Waals surface area contributed by atoms with Crippen LogP contribution >= 0.6 is 23.4 Å². The first-order valence-corrected chi connectivity index (χ1v) is 11.2. The molecule has 0 aliphatic rings. The Morgan fingerprint density at radius 3 is 2.72 bits per heavy atom. The van der Waals surface area contributed by atoms with Gasteiger partial charge in [-0.25, -0.2) is 0 Å². The third kappa shape index (κ3) is 5.15. The summed E-state index contributed by atoms with van der Waals surface area (Å²) in [6.45, 7) is 2.36. The van der Waals surface area contributed by atoms with Crippen molar-refractivity contribution >= 4 is 35.0 Å². The summed E-state index contributed by atoms with van der Waals surface area (Å²) in [5.41, 5.74) is 2.52. The van der Waals surface area contributed by atoms with E-state index in [-0.39, 0.29) is 11.7 Å². The van der Waals surface area contributed by atoms with Crippen molar-refractivity contribution in [1.29, 1.82) is 0 Å². The highest BCUT2D eigenvalue weighted by Crippen LogP contribution is 2.27. The third-order valence-electron chi connectivity index (χ3n) is 4.77. The van der Waals surface area contributed by atoms with Crippen molar-refractivity contribution < 1.29 is 13.9 Å². The summed E-state index contributed by atoms with van der Waals surface area (Å²) in [5, 5.41) is 12.8. The number of rotatable bonds is 8. The van der Waals surface area contributed by atoms with Gasteiger partial charge in [0.25, 0.3) is 0 Å². The first kappa shape index (κ1) is 22.0. The summed E-state index contributed by atoms with van der Waals surface area (Å²) in [5.74, 6) is 2.22. The topological polar surface area (TPSA) is 82.2 Å². The van der Waals surface area contributed by atoms with Gasteiger partial charge in [-0.05, 0) is 61.0 Å². The molecule has 0 unspecified atom stereocenters. The number of methoxy groups -OCH3 is 1. The number of carbonyl (C=O) groups is 1. The highest BCUT2D eigenvalue weighted by molar-refractivity contribution is 7.99. The first-order chi connectivity index (χ1) is 15.5. The van der Waals surface area contributed by atoms with Crippen LogP contribution in [0.1, 0.15) is 11.3 Å². The van der Waals surface area contributed by atoms with E-state index in [0.717, 1.165) is 22.6 Å². The molecule has 32 heavy (non-hydrogen) atoms. The summed E-state index contributed by atoms with van der Waals surface area (Å²) in [7, 11) is 1.62. The molecule has 0 radical (unpaired) electrons. The zero-order chi connectivity index (χ0) is 22.5. The van der Waals surface area contributed by atoms with Crippen LogP contribution in [0.4, 0.5) is 5.69 Å². The predicted molar refractivity (Wildman–Crippen MR) is 125 cm³/mol. The molecule has 7 nitrogen and oxygen atoms in total. The number of nitrogens with zero attached hydrogens (tertiary/aromatic N) is 3. The zero-order valence-electron chi connectivity index (χ0n) is 17.5. The van der Waals surface area contributed by atoms with Gasteiger partial charge in [0, 0.05) is 16.3 Å². The fourth-order valence-corrected chi connectivity index (χ4v) is 4.01. The largest absolute Gasteiger partial charge is 0.497 e. The minimum atomic E-state index is -0.154. The van der Waals surface area contributed by atoms with Gasteiger partial charge < -0.3 is 14.5 Å². The van der Waals surface area contributed by atoms with Crippen LogP contribution in [-0.4, -0.2) is 33.5 Å². The Kier molecular flexibility index (Phi) is 6.82. The summed E-state index contributed by atoms with van der Waals surface area (Å²) < 4.78 is 12.7. The number of ether oxygens (including phenoxy) is 1. The van der Waals surface area contributed by atoms with E-state index in [1.807, 2.05) is 54.0 Å². The minimum absolute atomic E-state index is 0.154. The van der Waals surface area contributed by atoms with E-state index >= 15 is 0 Å². The Bertz CT molecular complexity index is 1210. The molecule has 2 heterocycles. The molecule has 4 rings (SSSR count). The van der Waals surface area contributed by atoms with Gasteiger partial charge in [-0.1, -0.05) is 29.4 Å². The number of nitrogens with one attached hydrogen (secondary N) is 1. The lowest BCUT2D eigenvalue weighted by Crippen LogP contribution is -2.15. The molecule has 0 aliphatic heterocycles. The lowest BCUT2D eigenvalue weighted by atomic mass is 10.2. The zero-order valence-corrected chi connectivity index (χ0v) is 19.1. The maximum Gasteiger partial charge on any atom is 0.234 e. The van der Waals surface area contributed by atoms with Crippen molar-refractivity contribution in [2.45, 2.75) is 18.6 Å². The number of aryl methyl sites for hydroxylation is 1. The second-order valence-corrected chi connectivity index (χ2v) is 8.38. The van der Waals surface area contributed by atoms with Crippen molar-refractivity contribution in [2.24, 2.45) is 0 Å². The molecule has 1 amide bonds. The first-order valence-electron chi connectivity index (χ1n) is 9.82. The Morgan fingerprint density at radius 1 is 1.19 bits per heavy atom. The highest BCUT2D eigenvalue weighted by Gasteiger charge is 2.17. The highest BCUT2D eigenvalue weighted by atomic mass is 35.5. The lowest BCUT2D eigenvalue weighted by molar-refractivity contribution is -0.113. The number of carbonyl (C=O) groups excluding carboxylic acids is 1. The van der Waals surface area contributed by atoms with Crippen molar-refractivity contribution in [1.82, 2.24) is 14.8 Å². The van der Waals surface area contributed by atoms with E-state index in [0.29, 0.717) is 28.2 Å². The average molecular weight is 469 g/mol. The van der Waals surface area contributed by atoms with Crippen LogP contribution in [-0.2, 0) is 11.3 Å². The molecule has 164 valence electrons. The number of halogens is 1. The number of furan rings is 1. The van der Waals surface area contributed by atoms with Crippen LogP contribution in [0.15, 0.2) is 70.4 Å². The molecule has 9 heteroatoms. The Labute approximate surface area is 194 Å². The summed E-state index contributed by atoms with van der Waals surface area (Å²) in [6, 6.07) is 16.7. The fraction of sp³-hybridized carbons (Fsp3) is 0.174. The molecule has 0 spiro atoms. The standard InChI is InChI=1S/C23H21ClN4O3S/c1-15-5-8-17(24)12-20(15)25-21(29)14-32-23-27-26-22(16-6-9-18(30-2)10-7-16)28(23)13-19-4-3-11-31-19/h3-12H,13-14H2,1-2H3,(H,25,29). The molecule has 2 aromatic carbocycles. The second-order valence-electron chi connectivity index (χ2n) is 7.00. The number of amides is 1. The molecule has 0 bridgehead atoms. The van der Waals surface area contributed by atoms with Crippen LogP contribution in [0.2, 0.25) is 5.02 Å². The van der Waals surface area contributed by atoms with Gasteiger partial charge in [0.1, 0.15) is 11.5 Å². The molecule has 0 atom stereocenters. The number of aromatic nitrogens is 3. The van der Waals surface area contributed by atoms with E-state index in [2.05, 4.69) is 15.5 Å². The molecule has 0 saturated carbocycles. The van der Waals surface area contributed by atoms with Gasteiger partial charge in [-0.15, -0.1) is 10.2 Å². The molecular weight excluding hydrogens is 448 g/mol. The SMILES string of the molecule is COc1ccc(-c2nnc(SCC(=O)Nc3cc(Cl)ccc3C)n2Cc2ccco2)cc1. The van der Waals surface area contributed by atoms with Crippen LogP contribution < -0.4 is 10.1 Å². The molecule has 0 aliphatic carbocycles. The van der Waals surface area contributed by atoms with Gasteiger partial charge >= 0.3 is 0 Å². The summed E-state index contributed by atoms with van der Waals surface area (Å²) in [6.07, 6.45) is 1.63. The van der Waals surface area contributed by atoms with Gasteiger partial charge in [0.2, 0.25) is 5.91 Å². The van der Waals surface area contributed by atoms with Crippen molar-refractivity contribution in [3.05, 3.63) is 77.2 Å². The van der Waals surface area contributed by atoms with E-state index in [4.69, 9.17) is 20.8 Å². The molecule has 0 saturated heterocycles. The fourth-order valence-electron chi connectivity index (χ4n) is 3.10. The Balaban J connectivity index is 1.54. The molecular formula is C23H21ClN4O3S. The summed E-state index contributed by atoms with van der Waals surface area (Å²) >= 11 is 7.35. The van der Waals surface area contributed by atoms with E-state index < -0.39 is 0 Å². The summed E-state index contributed by atoms with van der Waals surface area (Å²) in [4.78, 5) is 12.6. The van der Waals surface area contributed by atoms with Crippen molar-refractivity contribution in [3.63, 3.8) is 0 Å². The number of thioether (sulfide) groups is 1. The quantitative estimate of drug-likeness (QED) is 0.354. The van der Waals surface area contributed by atoms with E-state index in [9.17, 15) is 4.79 Å². The van der Waals surface area contributed by atoms with Crippen LogP contribution in [0.3, 0.4) is 0 Å². The smallest absolute Gasteiger partial charge is 0.234 e. The minimum Gasteiger partial charge on any atom is -0.497 e. The lowest BCUT2D eigenvalue weighted by Gasteiger charge is -2.10. The average Bonchev–Trinajstić information content (AvgIpc) is 3.45. The molecule has 4 aromatic rings. The molecule has 1 N–H and O–H groups in total.